The maximum atomic E-state index is 11.7. The number of carbonyl (C=O) groups excluding carboxylic acids is 1. The fourth-order valence-electron chi connectivity index (χ4n) is 2.16. The van der Waals surface area contributed by atoms with Gasteiger partial charge < -0.3 is 14.7 Å². The Balaban J connectivity index is 2.63. The normalized spacial score (nSPS) is 28.6. The largest absolute Gasteiger partial charge is 0.481 e. The number of ether oxygens (including phenoxy) is 1. The summed E-state index contributed by atoms with van der Waals surface area (Å²) in [7, 11) is 0. The second-order valence-electron chi connectivity index (χ2n) is 4.52. The molecule has 1 rings (SSSR count). The zero-order chi connectivity index (χ0) is 13.0. The van der Waals surface area contributed by atoms with E-state index in [1.807, 2.05) is 13.8 Å². The third-order valence-corrected chi connectivity index (χ3v) is 3.18. The minimum Gasteiger partial charge on any atom is -0.481 e. The quantitative estimate of drug-likeness (QED) is 0.764. The van der Waals surface area contributed by atoms with Crippen LogP contribution in [0.15, 0.2) is 12.7 Å². The van der Waals surface area contributed by atoms with E-state index in [2.05, 4.69) is 6.58 Å². The number of aliphatic carboxylic acids is 1. The van der Waals surface area contributed by atoms with Gasteiger partial charge in [0.1, 0.15) is 6.61 Å². The van der Waals surface area contributed by atoms with Gasteiger partial charge in [0, 0.05) is 12.6 Å². The highest BCUT2D eigenvalue weighted by atomic mass is 16.6. The van der Waals surface area contributed by atoms with Gasteiger partial charge in [-0.25, -0.2) is 4.79 Å². The number of carbonyl (C=O) groups is 2. The molecule has 1 N–H and O–H groups in total. The predicted molar refractivity (Wildman–Crippen MR) is 62.6 cm³/mol. The average molecular weight is 241 g/mol. The molecule has 1 amide bonds. The number of carboxylic acids is 1. The van der Waals surface area contributed by atoms with Crippen molar-refractivity contribution >= 4 is 12.1 Å². The highest BCUT2D eigenvalue weighted by Gasteiger charge is 2.37. The van der Waals surface area contributed by atoms with Crippen LogP contribution in [-0.4, -0.2) is 41.3 Å². The molecule has 0 bridgehead atoms. The number of piperidine rings is 1. The SMILES string of the molecule is C=CCOC(=O)N1CC(C)C(C(=O)O)CC1C. The van der Waals surface area contributed by atoms with Crippen molar-refractivity contribution in [3.05, 3.63) is 12.7 Å². The molecule has 5 heteroatoms. The lowest BCUT2D eigenvalue weighted by molar-refractivity contribution is -0.146. The van der Waals surface area contributed by atoms with E-state index in [4.69, 9.17) is 9.84 Å². The van der Waals surface area contributed by atoms with Gasteiger partial charge in [-0.15, -0.1) is 0 Å². The van der Waals surface area contributed by atoms with Crippen molar-refractivity contribution in [3.8, 4) is 0 Å². The molecular formula is C12H19NO4. The Morgan fingerprint density at radius 1 is 1.53 bits per heavy atom. The second kappa shape index (κ2) is 5.70. The molecule has 3 atom stereocenters. The fraction of sp³-hybridized carbons (Fsp3) is 0.667. The van der Waals surface area contributed by atoms with Gasteiger partial charge in [0.15, 0.2) is 0 Å². The van der Waals surface area contributed by atoms with Gasteiger partial charge >= 0.3 is 12.1 Å². The Labute approximate surface area is 101 Å². The van der Waals surface area contributed by atoms with Gasteiger partial charge in [-0.3, -0.25) is 4.79 Å². The summed E-state index contributed by atoms with van der Waals surface area (Å²) < 4.78 is 4.97. The number of likely N-dealkylation sites (tertiary alicyclic amines) is 1. The molecular weight excluding hydrogens is 222 g/mol. The highest BCUT2D eigenvalue weighted by Crippen LogP contribution is 2.28. The van der Waals surface area contributed by atoms with E-state index in [1.165, 1.54) is 6.08 Å². The molecule has 0 radical (unpaired) electrons. The van der Waals surface area contributed by atoms with Crippen molar-refractivity contribution < 1.29 is 19.4 Å². The molecule has 0 aromatic rings. The van der Waals surface area contributed by atoms with Crippen molar-refractivity contribution in [1.82, 2.24) is 4.90 Å². The van der Waals surface area contributed by atoms with E-state index in [9.17, 15) is 9.59 Å². The minimum atomic E-state index is -0.788. The van der Waals surface area contributed by atoms with Gasteiger partial charge in [-0.05, 0) is 19.3 Å². The maximum Gasteiger partial charge on any atom is 0.410 e. The van der Waals surface area contributed by atoms with Gasteiger partial charge in [-0.2, -0.15) is 0 Å². The predicted octanol–water partition coefficient (Wildman–Crippen LogP) is 1.74. The first-order valence-electron chi connectivity index (χ1n) is 5.74. The standard InChI is InChI=1S/C12H19NO4/c1-4-5-17-12(16)13-7-8(2)10(11(14)15)6-9(13)3/h4,8-10H,1,5-7H2,2-3H3,(H,14,15). The van der Waals surface area contributed by atoms with Crippen molar-refractivity contribution in [1.29, 1.82) is 0 Å². The second-order valence-corrected chi connectivity index (χ2v) is 4.52. The summed E-state index contributed by atoms with van der Waals surface area (Å²) in [6.45, 7) is 7.77. The molecule has 5 nitrogen and oxygen atoms in total. The third kappa shape index (κ3) is 3.22. The Hall–Kier alpha value is -1.52. The Morgan fingerprint density at radius 2 is 2.18 bits per heavy atom. The van der Waals surface area contributed by atoms with Gasteiger partial charge in [0.2, 0.25) is 0 Å². The van der Waals surface area contributed by atoms with E-state index >= 15 is 0 Å². The number of rotatable bonds is 3. The van der Waals surface area contributed by atoms with Crippen LogP contribution in [0, 0.1) is 11.8 Å². The topological polar surface area (TPSA) is 66.8 Å². The van der Waals surface area contributed by atoms with Crippen LogP contribution < -0.4 is 0 Å². The number of amides is 1. The van der Waals surface area contributed by atoms with Gasteiger partial charge in [-0.1, -0.05) is 19.6 Å². The summed E-state index contributed by atoms with van der Waals surface area (Å²) in [6.07, 6.45) is 1.59. The molecule has 1 aliphatic heterocycles. The molecule has 0 aliphatic carbocycles. The summed E-state index contributed by atoms with van der Waals surface area (Å²) in [6, 6.07) is -0.107. The summed E-state index contributed by atoms with van der Waals surface area (Å²) in [5.41, 5.74) is 0. The molecule has 1 fully saturated rings. The monoisotopic (exact) mass is 241 g/mol. The van der Waals surface area contributed by atoms with Crippen molar-refractivity contribution in [2.24, 2.45) is 11.8 Å². The van der Waals surface area contributed by atoms with E-state index in [-0.39, 0.29) is 24.5 Å². The van der Waals surface area contributed by atoms with Crippen LogP contribution in [0.5, 0.6) is 0 Å². The summed E-state index contributed by atoms with van der Waals surface area (Å²) in [5, 5.41) is 9.04. The zero-order valence-electron chi connectivity index (χ0n) is 10.3. The highest BCUT2D eigenvalue weighted by molar-refractivity contribution is 5.72. The average Bonchev–Trinajstić information content (AvgIpc) is 2.28. The molecule has 0 aromatic carbocycles. The Kier molecular flexibility index (Phi) is 4.54. The zero-order valence-corrected chi connectivity index (χ0v) is 10.3. The molecule has 0 saturated carbocycles. The fourth-order valence-corrected chi connectivity index (χ4v) is 2.16. The number of carboxylic acid groups (broad SMARTS) is 1. The molecule has 1 aliphatic rings. The number of hydrogen-bond acceptors (Lipinski definition) is 3. The van der Waals surface area contributed by atoms with E-state index < -0.39 is 12.1 Å². The smallest absolute Gasteiger partial charge is 0.410 e. The molecule has 0 spiro atoms. The molecule has 0 aromatic heterocycles. The molecule has 17 heavy (non-hydrogen) atoms. The van der Waals surface area contributed by atoms with Crippen LogP contribution in [0.25, 0.3) is 0 Å². The molecule has 1 heterocycles. The first-order valence-corrected chi connectivity index (χ1v) is 5.74. The van der Waals surface area contributed by atoms with E-state index in [0.29, 0.717) is 13.0 Å². The van der Waals surface area contributed by atoms with Gasteiger partial charge in [0.25, 0.3) is 0 Å². The van der Waals surface area contributed by atoms with E-state index in [1.54, 1.807) is 4.90 Å². The van der Waals surface area contributed by atoms with Crippen LogP contribution in [0.2, 0.25) is 0 Å². The van der Waals surface area contributed by atoms with Crippen molar-refractivity contribution in [2.75, 3.05) is 13.2 Å². The van der Waals surface area contributed by atoms with Crippen LogP contribution in [0.1, 0.15) is 20.3 Å². The molecule has 1 saturated heterocycles. The maximum absolute atomic E-state index is 11.7. The van der Waals surface area contributed by atoms with Crippen LogP contribution >= 0.6 is 0 Å². The first kappa shape index (κ1) is 13.5. The summed E-state index contributed by atoms with van der Waals surface area (Å²) in [5.74, 6) is -1.23. The van der Waals surface area contributed by atoms with Gasteiger partial charge in [0.05, 0.1) is 5.92 Å². The summed E-state index contributed by atoms with van der Waals surface area (Å²) in [4.78, 5) is 24.3. The minimum absolute atomic E-state index is 0.0556. The lowest BCUT2D eigenvalue weighted by Gasteiger charge is -2.39. The van der Waals surface area contributed by atoms with Crippen LogP contribution in [-0.2, 0) is 9.53 Å². The lowest BCUT2D eigenvalue weighted by Crippen LogP contribution is -2.50. The van der Waals surface area contributed by atoms with Crippen LogP contribution in [0.3, 0.4) is 0 Å². The van der Waals surface area contributed by atoms with Crippen molar-refractivity contribution in [3.63, 3.8) is 0 Å². The van der Waals surface area contributed by atoms with Crippen molar-refractivity contribution in [2.45, 2.75) is 26.3 Å². The Bertz CT molecular complexity index is 316. The number of nitrogens with zero attached hydrogens (tertiary/aromatic N) is 1. The summed E-state index contributed by atoms with van der Waals surface area (Å²) >= 11 is 0. The third-order valence-electron chi connectivity index (χ3n) is 3.18. The molecule has 3 unspecified atom stereocenters. The lowest BCUT2D eigenvalue weighted by atomic mass is 9.83. The van der Waals surface area contributed by atoms with Crippen LogP contribution in [0.4, 0.5) is 4.79 Å². The number of hydrogen-bond donors (Lipinski definition) is 1. The van der Waals surface area contributed by atoms with E-state index in [0.717, 1.165) is 0 Å². The Morgan fingerprint density at radius 3 is 2.71 bits per heavy atom. The molecule has 96 valence electrons. The first-order chi connectivity index (χ1) is 7.97.